The van der Waals surface area contributed by atoms with Gasteiger partial charge in [-0.1, -0.05) is 113 Å². The summed E-state index contributed by atoms with van der Waals surface area (Å²) in [5.41, 5.74) is 1.73. The SMILES string of the molecule is CC(C)[Si](OC[C@H]1O[C@H](Sc2ccccc2)[C@H](O)[C@@H](O[Si](C(C)C)(C(C)C)C(C)C)[C@@H]1O)(C(C)C)C(C)C. The van der Waals surface area contributed by atoms with Crippen LogP contribution in [0.3, 0.4) is 0 Å². The Morgan fingerprint density at radius 1 is 0.711 bits per heavy atom. The molecule has 38 heavy (non-hydrogen) atoms. The molecule has 0 aromatic heterocycles. The molecule has 1 aromatic carbocycles. The maximum atomic E-state index is 11.7. The van der Waals surface area contributed by atoms with Crippen LogP contribution in [0.15, 0.2) is 35.2 Å². The van der Waals surface area contributed by atoms with E-state index in [4.69, 9.17) is 13.6 Å². The van der Waals surface area contributed by atoms with Crippen LogP contribution in [0.25, 0.3) is 0 Å². The van der Waals surface area contributed by atoms with E-state index in [0.29, 0.717) is 39.9 Å². The van der Waals surface area contributed by atoms with Crippen LogP contribution >= 0.6 is 11.8 Å². The molecule has 5 nitrogen and oxygen atoms in total. The molecule has 8 heteroatoms. The van der Waals surface area contributed by atoms with E-state index in [1.807, 2.05) is 30.3 Å². The predicted molar refractivity (Wildman–Crippen MR) is 166 cm³/mol. The quantitative estimate of drug-likeness (QED) is 0.229. The van der Waals surface area contributed by atoms with Gasteiger partial charge in [-0.05, 0) is 45.4 Å². The maximum Gasteiger partial charge on any atom is 0.201 e. The Balaban J connectivity index is 2.47. The number of aliphatic hydroxyl groups excluding tert-OH is 2. The van der Waals surface area contributed by atoms with Gasteiger partial charge in [0.25, 0.3) is 0 Å². The molecule has 0 unspecified atom stereocenters. The van der Waals surface area contributed by atoms with Crippen LogP contribution in [0.4, 0.5) is 0 Å². The van der Waals surface area contributed by atoms with E-state index in [1.165, 1.54) is 11.8 Å². The highest BCUT2D eigenvalue weighted by atomic mass is 32.2. The summed E-state index contributed by atoms with van der Waals surface area (Å²) in [4.78, 5) is 1.02. The lowest BCUT2D eigenvalue weighted by molar-refractivity contribution is -0.200. The lowest BCUT2D eigenvalue weighted by Gasteiger charge is -2.51. The summed E-state index contributed by atoms with van der Waals surface area (Å²) >= 11 is 1.49. The minimum Gasteiger partial charge on any atom is -0.413 e. The van der Waals surface area contributed by atoms with E-state index in [2.05, 4.69) is 83.1 Å². The minimum absolute atomic E-state index is 0.306. The maximum absolute atomic E-state index is 11.7. The second-order valence-corrected chi connectivity index (χ2v) is 25.0. The molecular formula is C30H56O5SSi2. The highest BCUT2D eigenvalue weighted by molar-refractivity contribution is 7.99. The fourth-order valence-electron chi connectivity index (χ4n) is 7.28. The van der Waals surface area contributed by atoms with Gasteiger partial charge in [-0.2, -0.15) is 0 Å². The molecule has 2 N–H and O–H groups in total. The summed E-state index contributed by atoms with van der Waals surface area (Å²) in [5, 5.41) is 23.4. The summed E-state index contributed by atoms with van der Waals surface area (Å²) in [5.74, 6) is 0. The van der Waals surface area contributed by atoms with E-state index >= 15 is 0 Å². The molecule has 1 aromatic rings. The van der Waals surface area contributed by atoms with E-state index in [0.717, 1.165) is 4.90 Å². The highest BCUT2D eigenvalue weighted by Crippen LogP contribution is 2.46. The molecule has 5 atom stereocenters. The molecule has 0 radical (unpaired) electrons. The summed E-state index contributed by atoms with van der Waals surface area (Å²) in [6, 6.07) is 10.0. The standard InChI is InChI=1S/C30H56O5SSi2/c1-19(2)37(20(3)4,21(5)6)33-18-26-27(31)29(35-38(22(7)8,23(9)10)24(11)12)28(32)30(34-26)36-25-16-14-13-15-17-25/h13-17,19-24,26-32H,18H2,1-12H3/t26-,27-,28-,29+,30-/m1/s1. The van der Waals surface area contributed by atoms with Gasteiger partial charge in [0.05, 0.1) is 6.61 Å². The first-order chi connectivity index (χ1) is 17.6. The number of hydrogen-bond donors (Lipinski definition) is 2. The number of rotatable bonds is 13. The van der Waals surface area contributed by atoms with Gasteiger partial charge in [0.15, 0.2) is 8.32 Å². The number of hydrogen-bond acceptors (Lipinski definition) is 6. The minimum atomic E-state index is -2.38. The Bertz CT molecular complexity index is 790. The molecule has 0 saturated carbocycles. The van der Waals surface area contributed by atoms with Crippen molar-refractivity contribution in [3.8, 4) is 0 Å². The second kappa shape index (κ2) is 14.1. The van der Waals surface area contributed by atoms with Gasteiger partial charge in [-0.25, -0.2) is 0 Å². The van der Waals surface area contributed by atoms with Crippen molar-refractivity contribution in [2.75, 3.05) is 6.61 Å². The molecule has 0 spiro atoms. The molecule has 220 valence electrons. The zero-order valence-corrected chi connectivity index (χ0v) is 28.8. The third-order valence-corrected chi connectivity index (χ3v) is 22.2. The van der Waals surface area contributed by atoms with E-state index < -0.39 is 46.5 Å². The van der Waals surface area contributed by atoms with Crippen molar-refractivity contribution in [3.63, 3.8) is 0 Å². The predicted octanol–water partition coefficient (Wildman–Crippen LogP) is 7.98. The van der Waals surface area contributed by atoms with Crippen LogP contribution < -0.4 is 0 Å². The third kappa shape index (κ3) is 6.98. The fourth-order valence-corrected chi connectivity index (χ4v) is 19.4. The summed E-state index contributed by atoms with van der Waals surface area (Å²) < 4.78 is 20.4. The molecule has 1 saturated heterocycles. The third-order valence-electron chi connectivity index (χ3n) is 8.89. The molecular weight excluding hydrogens is 529 g/mol. The second-order valence-electron chi connectivity index (χ2n) is 13.0. The summed E-state index contributed by atoms with van der Waals surface area (Å²) in [7, 11) is -4.55. The number of aliphatic hydroxyl groups is 2. The molecule has 1 aliphatic heterocycles. The van der Waals surface area contributed by atoms with Gasteiger partial charge < -0.3 is 23.8 Å². The Morgan fingerprint density at radius 2 is 1.16 bits per heavy atom. The van der Waals surface area contributed by atoms with Gasteiger partial charge in [0.2, 0.25) is 8.32 Å². The van der Waals surface area contributed by atoms with Gasteiger partial charge in [-0.15, -0.1) is 0 Å². The average Bonchev–Trinajstić information content (AvgIpc) is 2.81. The van der Waals surface area contributed by atoms with Crippen molar-refractivity contribution in [3.05, 3.63) is 30.3 Å². The normalized spacial score (nSPS) is 25.5. The van der Waals surface area contributed by atoms with Gasteiger partial charge in [-0.3, -0.25) is 0 Å². The van der Waals surface area contributed by atoms with Gasteiger partial charge in [0.1, 0.15) is 29.9 Å². The summed E-state index contributed by atoms with van der Waals surface area (Å²) in [6.07, 6.45) is -3.24. The Kier molecular flexibility index (Phi) is 12.6. The van der Waals surface area contributed by atoms with Crippen molar-refractivity contribution in [2.24, 2.45) is 0 Å². The Hall–Kier alpha value is -0.196. The number of benzene rings is 1. The molecule has 1 fully saturated rings. The molecule has 0 amide bonds. The first-order valence-electron chi connectivity index (χ1n) is 14.7. The van der Waals surface area contributed by atoms with Crippen LogP contribution in [-0.4, -0.2) is 63.3 Å². The van der Waals surface area contributed by atoms with Crippen LogP contribution in [0.1, 0.15) is 83.1 Å². The highest BCUT2D eigenvalue weighted by Gasteiger charge is 2.54. The van der Waals surface area contributed by atoms with Gasteiger partial charge >= 0.3 is 0 Å². The topological polar surface area (TPSA) is 68.2 Å². The number of thioether (sulfide) groups is 1. The van der Waals surface area contributed by atoms with Crippen molar-refractivity contribution < 1.29 is 23.8 Å². The average molecular weight is 585 g/mol. The lowest BCUT2D eigenvalue weighted by Crippen LogP contribution is -2.64. The van der Waals surface area contributed by atoms with Crippen LogP contribution in [0.2, 0.25) is 33.2 Å². The van der Waals surface area contributed by atoms with Gasteiger partial charge in [0, 0.05) is 4.90 Å². The number of ether oxygens (including phenoxy) is 1. The Morgan fingerprint density at radius 3 is 1.58 bits per heavy atom. The van der Waals surface area contributed by atoms with Crippen molar-refractivity contribution in [1.82, 2.24) is 0 Å². The monoisotopic (exact) mass is 584 g/mol. The van der Waals surface area contributed by atoms with Crippen molar-refractivity contribution >= 4 is 28.4 Å². The molecule has 2 rings (SSSR count). The fraction of sp³-hybridized carbons (Fsp3) is 0.800. The molecule has 1 heterocycles. The molecule has 0 bridgehead atoms. The van der Waals surface area contributed by atoms with E-state index in [-0.39, 0.29) is 0 Å². The first kappa shape index (κ1) is 34.0. The zero-order valence-electron chi connectivity index (χ0n) is 26.0. The van der Waals surface area contributed by atoms with Crippen LogP contribution in [0, 0.1) is 0 Å². The first-order valence-corrected chi connectivity index (χ1v) is 19.8. The van der Waals surface area contributed by atoms with E-state index in [1.54, 1.807) is 0 Å². The van der Waals surface area contributed by atoms with Crippen molar-refractivity contribution in [2.45, 2.75) is 151 Å². The summed E-state index contributed by atoms with van der Waals surface area (Å²) in [6.45, 7) is 27.3. The lowest BCUT2D eigenvalue weighted by atomic mass is 10.0. The van der Waals surface area contributed by atoms with Crippen LogP contribution in [0.5, 0.6) is 0 Å². The Labute approximate surface area is 239 Å². The molecule has 1 aliphatic rings. The van der Waals surface area contributed by atoms with Crippen molar-refractivity contribution in [1.29, 1.82) is 0 Å². The zero-order chi connectivity index (χ0) is 29.0. The van der Waals surface area contributed by atoms with Crippen LogP contribution in [-0.2, 0) is 13.6 Å². The van der Waals surface area contributed by atoms with E-state index in [9.17, 15) is 10.2 Å². The smallest absolute Gasteiger partial charge is 0.201 e. The molecule has 0 aliphatic carbocycles. The largest absolute Gasteiger partial charge is 0.413 e.